The number of nitrogens with two attached hydrogens (primary N) is 1. The highest BCUT2D eigenvalue weighted by Gasteiger charge is 2.62. The van der Waals surface area contributed by atoms with E-state index in [0.29, 0.717) is 0 Å². The Morgan fingerprint density at radius 3 is 2.68 bits per heavy atom. The van der Waals surface area contributed by atoms with E-state index < -0.39 is 46.1 Å². The highest BCUT2D eigenvalue weighted by molar-refractivity contribution is 7.84. The number of aliphatic hydroxyl groups excluding tert-OH is 1. The first-order valence-electron chi connectivity index (χ1n) is 5.56. The van der Waals surface area contributed by atoms with Crippen LogP contribution < -0.4 is 5.14 Å². The highest BCUT2D eigenvalue weighted by Crippen LogP contribution is 2.44. The summed E-state index contributed by atoms with van der Waals surface area (Å²) in [5, 5.41) is 13.5. The van der Waals surface area contributed by atoms with Gasteiger partial charge in [-0.3, -0.25) is 4.18 Å². The molecular weight excluding hydrogens is 302 g/mol. The van der Waals surface area contributed by atoms with E-state index in [0.717, 1.165) is 0 Å². The largest absolute Gasteiger partial charge is 0.391 e. The van der Waals surface area contributed by atoms with Crippen molar-refractivity contribution in [3.05, 3.63) is 0 Å². The second-order valence-corrected chi connectivity index (χ2v) is 6.63. The number of hydrogen-bond donors (Lipinski definition) is 2. The SMILES string of the molecule is CC1(C)O[C@H]2[C@H](OS(N)(=O)=O)[C@@H](Cl)CO[C@@]2(CO)O1. The molecule has 0 radical (unpaired) electrons. The lowest BCUT2D eigenvalue weighted by atomic mass is 9.99. The van der Waals surface area contributed by atoms with E-state index in [4.69, 9.17) is 35.1 Å². The Kier molecular flexibility index (Phi) is 3.87. The van der Waals surface area contributed by atoms with Gasteiger partial charge < -0.3 is 19.3 Å². The maximum atomic E-state index is 11.1. The zero-order valence-electron chi connectivity index (χ0n) is 10.4. The van der Waals surface area contributed by atoms with Crippen molar-refractivity contribution in [3.8, 4) is 0 Å². The topological polar surface area (TPSA) is 117 Å². The molecule has 2 aliphatic rings. The molecule has 0 aromatic heterocycles. The maximum Gasteiger partial charge on any atom is 0.333 e. The van der Waals surface area contributed by atoms with E-state index >= 15 is 0 Å². The van der Waals surface area contributed by atoms with Crippen molar-refractivity contribution in [3.63, 3.8) is 0 Å². The Balaban J connectivity index is 2.32. The Morgan fingerprint density at radius 2 is 2.16 bits per heavy atom. The smallest absolute Gasteiger partial charge is 0.333 e. The molecule has 0 bridgehead atoms. The lowest BCUT2D eigenvalue weighted by Crippen LogP contribution is -2.61. The molecular formula is C9H16ClNO7S. The number of aliphatic hydroxyl groups is 1. The zero-order valence-corrected chi connectivity index (χ0v) is 12.0. The monoisotopic (exact) mass is 317 g/mol. The van der Waals surface area contributed by atoms with Gasteiger partial charge in [0.25, 0.3) is 0 Å². The first-order valence-corrected chi connectivity index (χ1v) is 7.47. The molecule has 0 saturated carbocycles. The van der Waals surface area contributed by atoms with Gasteiger partial charge in [0, 0.05) is 0 Å². The van der Waals surface area contributed by atoms with E-state index in [1.165, 1.54) is 0 Å². The van der Waals surface area contributed by atoms with Gasteiger partial charge in [-0.25, -0.2) is 5.14 Å². The quantitative estimate of drug-likeness (QED) is 0.644. The number of rotatable bonds is 3. The summed E-state index contributed by atoms with van der Waals surface area (Å²) in [5.41, 5.74) is 0. The van der Waals surface area contributed by atoms with Gasteiger partial charge in [-0.05, 0) is 13.8 Å². The summed E-state index contributed by atoms with van der Waals surface area (Å²) in [6, 6.07) is 0. The van der Waals surface area contributed by atoms with Crippen LogP contribution in [-0.2, 0) is 28.7 Å². The van der Waals surface area contributed by atoms with Gasteiger partial charge in [0.15, 0.2) is 5.79 Å². The van der Waals surface area contributed by atoms with Crippen LogP contribution in [0.5, 0.6) is 0 Å². The third-order valence-corrected chi connectivity index (χ3v) is 3.73. The van der Waals surface area contributed by atoms with Crippen molar-refractivity contribution in [1.29, 1.82) is 0 Å². The molecule has 0 aliphatic carbocycles. The summed E-state index contributed by atoms with van der Waals surface area (Å²) in [4.78, 5) is 0. The molecule has 2 aliphatic heterocycles. The second-order valence-electron chi connectivity index (χ2n) is 4.89. The predicted octanol–water partition coefficient (Wildman–Crippen LogP) is -0.947. The van der Waals surface area contributed by atoms with Crippen LogP contribution in [0.2, 0.25) is 0 Å². The molecule has 0 aromatic carbocycles. The van der Waals surface area contributed by atoms with Crippen LogP contribution in [-0.4, -0.2) is 55.9 Å². The van der Waals surface area contributed by atoms with E-state index in [2.05, 4.69) is 0 Å². The fraction of sp³-hybridized carbons (Fsp3) is 1.00. The first-order chi connectivity index (χ1) is 8.59. The third kappa shape index (κ3) is 3.03. The average Bonchev–Trinajstić information content (AvgIpc) is 2.53. The first kappa shape index (κ1) is 15.4. The number of alkyl halides is 1. The van der Waals surface area contributed by atoms with E-state index in [9.17, 15) is 13.5 Å². The molecule has 2 rings (SSSR count). The van der Waals surface area contributed by atoms with Gasteiger partial charge in [0.1, 0.15) is 18.8 Å². The van der Waals surface area contributed by atoms with Crippen molar-refractivity contribution in [1.82, 2.24) is 0 Å². The molecule has 0 spiro atoms. The summed E-state index contributed by atoms with van der Waals surface area (Å²) < 4.78 is 43.4. The lowest BCUT2D eigenvalue weighted by Gasteiger charge is -2.40. The summed E-state index contributed by atoms with van der Waals surface area (Å²) >= 11 is 5.98. The van der Waals surface area contributed by atoms with Crippen LogP contribution >= 0.6 is 11.6 Å². The van der Waals surface area contributed by atoms with Crippen LogP contribution in [0.1, 0.15) is 13.8 Å². The van der Waals surface area contributed by atoms with Gasteiger partial charge >= 0.3 is 10.3 Å². The molecule has 8 nitrogen and oxygen atoms in total. The molecule has 2 saturated heterocycles. The normalized spacial score (nSPS) is 42.1. The fourth-order valence-corrected chi connectivity index (χ4v) is 3.11. The molecule has 0 unspecified atom stereocenters. The molecule has 112 valence electrons. The van der Waals surface area contributed by atoms with Crippen LogP contribution in [0.3, 0.4) is 0 Å². The van der Waals surface area contributed by atoms with Crippen LogP contribution in [0.25, 0.3) is 0 Å². The number of halogens is 1. The minimum absolute atomic E-state index is 0.0712. The number of fused-ring (bicyclic) bond motifs is 1. The van der Waals surface area contributed by atoms with Crippen LogP contribution in [0.4, 0.5) is 0 Å². The van der Waals surface area contributed by atoms with Crippen molar-refractivity contribution >= 4 is 21.9 Å². The van der Waals surface area contributed by atoms with Crippen LogP contribution in [0, 0.1) is 0 Å². The van der Waals surface area contributed by atoms with E-state index in [1.807, 2.05) is 0 Å². The predicted molar refractivity (Wildman–Crippen MR) is 63.4 cm³/mol. The Hall–Kier alpha value is -0.0000000000000000971. The molecule has 2 fully saturated rings. The Bertz CT molecular complexity index is 455. The fourth-order valence-electron chi connectivity index (χ4n) is 2.26. The number of hydrogen-bond acceptors (Lipinski definition) is 7. The van der Waals surface area contributed by atoms with Gasteiger partial charge in [-0.15, -0.1) is 11.6 Å². The minimum Gasteiger partial charge on any atom is -0.391 e. The summed E-state index contributed by atoms with van der Waals surface area (Å²) in [7, 11) is -4.22. The third-order valence-electron chi connectivity index (χ3n) is 2.87. The van der Waals surface area contributed by atoms with Crippen molar-refractivity contribution < 1.29 is 31.9 Å². The molecule has 19 heavy (non-hydrogen) atoms. The second kappa shape index (κ2) is 4.78. The van der Waals surface area contributed by atoms with E-state index in [1.54, 1.807) is 13.8 Å². The summed E-state index contributed by atoms with van der Waals surface area (Å²) in [6.07, 6.45) is -2.12. The lowest BCUT2D eigenvalue weighted by molar-refractivity contribution is -0.285. The van der Waals surface area contributed by atoms with Crippen molar-refractivity contribution in [2.75, 3.05) is 13.2 Å². The standard InChI is InChI=1S/C9H16ClNO7S/c1-8(2)16-7-6(17-19(11,13)14)5(10)3-15-9(7,4-12)18-8/h5-7,12H,3-4H2,1-2H3,(H2,11,13,14)/t5-,6+,7-,9-/m0/s1. The molecule has 0 aromatic rings. The van der Waals surface area contributed by atoms with E-state index in [-0.39, 0.29) is 6.61 Å². The molecule has 3 N–H and O–H groups in total. The summed E-state index contributed by atoms with van der Waals surface area (Å²) in [6.45, 7) is 2.60. The zero-order chi connectivity index (χ0) is 14.5. The molecule has 0 amide bonds. The maximum absolute atomic E-state index is 11.1. The average molecular weight is 318 g/mol. The van der Waals surface area contributed by atoms with Gasteiger partial charge in [-0.2, -0.15) is 8.42 Å². The van der Waals surface area contributed by atoms with Gasteiger partial charge in [-0.1, -0.05) is 0 Å². The Morgan fingerprint density at radius 1 is 1.53 bits per heavy atom. The highest BCUT2D eigenvalue weighted by atomic mass is 35.5. The molecule has 2 heterocycles. The van der Waals surface area contributed by atoms with Gasteiger partial charge in [0.05, 0.1) is 12.0 Å². The summed E-state index contributed by atoms with van der Waals surface area (Å²) in [5.74, 6) is -2.58. The van der Waals surface area contributed by atoms with Gasteiger partial charge in [0.2, 0.25) is 5.79 Å². The van der Waals surface area contributed by atoms with Crippen LogP contribution in [0.15, 0.2) is 0 Å². The molecule has 10 heteroatoms. The van der Waals surface area contributed by atoms with Crippen molar-refractivity contribution in [2.24, 2.45) is 5.14 Å². The molecule has 4 atom stereocenters. The number of ether oxygens (including phenoxy) is 3. The minimum atomic E-state index is -4.22. The Labute approximate surface area is 116 Å². The van der Waals surface area contributed by atoms with Crippen molar-refractivity contribution in [2.45, 2.75) is 43.0 Å².